The van der Waals surface area contributed by atoms with E-state index in [1.165, 1.54) is 0 Å². The standard InChI is InChI=1S/C26H36BrN3O4Si/c1-26(2,3)35(4,5)34-23-21(18-31-16-19-12-8-6-9-13-19)33-25(27)22(29-30-28)24(23)32-17-20-14-10-7-11-15-20/h6-15,21-25H,16-18H2,1-5H3. The molecule has 2 aromatic carbocycles. The van der Waals surface area contributed by atoms with Crippen LogP contribution >= 0.6 is 15.9 Å². The first kappa shape index (κ1) is 27.9. The van der Waals surface area contributed by atoms with E-state index < -0.39 is 37.7 Å². The third-order valence-electron chi connectivity index (χ3n) is 6.70. The average molecular weight is 563 g/mol. The van der Waals surface area contributed by atoms with Crippen LogP contribution in [0.3, 0.4) is 0 Å². The third kappa shape index (κ3) is 7.63. The summed E-state index contributed by atoms with van der Waals surface area (Å²) < 4.78 is 25.7. The normalized spacial score (nSPS) is 25.1. The van der Waals surface area contributed by atoms with Crippen LogP contribution in [0.4, 0.5) is 0 Å². The fourth-order valence-electron chi connectivity index (χ4n) is 3.68. The molecule has 5 unspecified atom stereocenters. The molecule has 2 aromatic rings. The second kappa shape index (κ2) is 12.5. The maximum absolute atomic E-state index is 9.29. The van der Waals surface area contributed by atoms with Gasteiger partial charge in [-0.2, -0.15) is 0 Å². The quantitative estimate of drug-likeness (QED) is 0.103. The lowest BCUT2D eigenvalue weighted by Crippen LogP contribution is -2.61. The minimum Gasteiger partial charge on any atom is -0.409 e. The number of azide groups is 1. The van der Waals surface area contributed by atoms with Gasteiger partial charge in [-0.05, 0) is 34.8 Å². The van der Waals surface area contributed by atoms with Crippen molar-refractivity contribution in [3.05, 3.63) is 82.2 Å². The fourth-order valence-corrected chi connectivity index (χ4v) is 5.68. The molecule has 0 aliphatic carbocycles. The highest BCUT2D eigenvalue weighted by Crippen LogP contribution is 2.41. The molecule has 1 fully saturated rings. The topological polar surface area (TPSA) is 85.7 Å². The van der Waals surface area contributed by atoms with Gasteiger partial charge in [0, 0.05) is 4.91 Å². The van der Waals surface area contributed by atoms with Crippen LogP contribution in [0.15, 0.2) is 65.8 Å². The van der Waals surface area contributed by atoms with E-state index in [9.17, 15) is 5.53 Å². The zero-order valence-electron chi connectivity index (χ0n) is 21.1. The molecule has 0 aromatic heterocycles. The van der Waals surface area contributed by atoms with Crippen LogP contribution in [0.2, 0.25) is 18.1 Å². The van der Waals surface area contributed by atoms with E-state index >= 15 is 0 Å². The van der Waals surface area contributed by atoms with Crippen molar-refractivity contribution in [2.45, 2.75) is 81.5 Å². The Hall–Kier alpha value is -1.71. The van der Waals surface area contributed by atoms with Crippen LogP contribution in [0, 0.1) is 0 Å². The highest BCUT2D eigenvalue weighted by Gasteiger charge is 2.50. The van der Waals surface area contributed by atoms with Crippen molar-refractivity contribution in [3.8, 4) is 0 Å². The zero-order valence-corrected chi connectivity index (χ0v) is 23.7. The van der Waals surface area contributed by atoms with Crippen molar-refractivity contribution >= 4 is 24.2 Å². The van der Waals surface area contributed by atoms with Crippen molar-refractivity contribution in [3.63, 3.8) is 0 Å². The molecule has 190 valence electrons. The predicted molar refractivity (Wildman–Crippen MR) is 144 cm³/mol. The molecule has 1 aliphatic heterocycles. The molecule has 0 saturated carbocycles. The van der Waals surface area contributed by atoms with Gasteiger partial charge in [0.15, 0.2) is 8.32 Å². The number of hydrogen-bond acceptors (Lipinski definition) is 5. The molecule has 0 N–H and O–H groups in total. The number of alkyl halides is 1. The smallest absolute Gasteiger partial charge is 0.192 e. The number of nitrogens with zero attached hydrogens (tertiary/aromatic N) is 3. The molecule has 7 nitrogen and oxygen atoms in total. The molecule has 5 atom stereocenters. The minimum absolute atomic E-state index is 0.0222. The molecule has 1 aliphatic rings. The van der Waals surface area contributed by atoms with Crippen LogP contribution < -0.4 is 0 Å². The van der Waals surface area contributed by atoms with Crippen molar-refractivity contribution in [1.82, 2.24) is 0 Å². The number of ether oxygens (including phenoxy) is 3. The summed E-state index contributed by atoms with van der Waals surface area (Å²) >= 11 is 3.58. The van der Waals surface area contributed by atoms with Crippen molar-refractivity contribution in [1.29, 1.82) is 0 Å². The van der Waals surface area contributed by atoms with Gasteiger partial charge in [0.05, 0.1) is 25.9 Å². The van der Waals surface area contributed by atoms with Gasteiger partial charge in [-0.1, -0.05) is 102 Å². The summed E-state index contributed by atoms with van der Waals surface area (Å²) in [7, 11) is -2.23. The van der Waals surface area contributed by atoms with Crippen molar-refractivity contribution in [2.24, 2.45) is 5.11 Å². The molecule has 3 rings (SSSR count). The first-order valence-corrected chi connectivity index (χ1v) is 15.7. The Morgan fingerprint density at radius 1 is 0.971 bits per heavy atom. The monoisotopic (exact) mass is 561 g/mol. The second-order valence-electron chi connectivity index (χ2n) is 10.3. The molecule has 0 amide bonds. The Labute approximate surface area is 218 Å². The number of halogens is 1. The lowest BCUT2D eigenvalue weighted by molar-refractivity contribution is -0.184. The van der Waals surface area contributed by atoms with Gasteiger partial charge in [0.25, 0.3) is 0 Å². The van der Waals surface area contributed by atoms with Gasteiger partial charge in [-0.15, -0.1) is 0 Å². The number of hydrogen-bond donors (Lipinski definition) is 0. The second-order valence-corrected chi connectivity index (χ2v) is 16.0. The van der Waals surface area contributed by atoms with E-state index in [0.29, 0.717) is 19.8 Å². The van der Waals surface area contributed by atoms with E-state index in [1.54, 1.807) is 0 Å². The first-order chi connectivity index (χ1) is 16.6. The molecular weight excluding hydrogens is 526 g/mol. The van der Waals surface area contributed by atoms with Gasteiger partial charge in [0.1, 0.15) is 23.3 Å². The SMILES string of the molecule is CC(C)(C)[Si](C)(C)OC1C(COCc2ccccc2)OC(Br)C(N=[N+]=[N-])C1OCc1ccccc1. The maximum Gasteiger partial charge on any atom is 0.192 e. The van der Waals surface area contributed by atoms with Crippen LogP contribution in [0.5, 0.6) is 0 Å². The summed E-state index contributed by atoms with van der Waals surface area (Å²) in [6.07, 6.45) is -1.37. The predicted octanol–water partition coefficient (Wildman–Crippen LogP) is 6.98. The fraction of sp³-hybridized carbons (Fsp3) is 0.538. The molecule has 0 radical (unpaired) electrons. The molecule has 1 saturated heterocycles. The van der Waals surface area contributed by atoms with Gasteiger partial charge < -0.3 is 18.6 Å². The molecule has 0 spiro atoms. The van der Waals surface area contributed by atoms with Gasteiger partial charge >= 0.3 is 0 Å². The lowest BCUT2D eigenvalue weighted by atomic mass is 9.98. The summed E-state index contributed by atoms with van der Waals surface area (Å²) in [6, 6.07) is 19.4. The van der Waals surface area contributed by atoms with Gasteiger partial charge in [0.2, 0.25) is 0 Å². The van der Waals surface area contributed by atoms with E-state index in [-0.39, 0.29) is 5.04 Å². The van der Waals surface area contributed by atoms with Crippen LogP contribution in [-0.4, -0.2) is 44.3 Å². The third-order valence-corrected chi connectivity index (χ3v) is 11.9. The molecule has 9 heteroatoms. The Morgan fingerprint density at radius 2 is 1.54 bits per heavy atom. The number of benzene rings is 2. The largest absolute Gasteiger partial charge is 0.409 e. The van der Waals surface area contributed by atoms with Crippen LogP contribution in [0.1, 0.15) is 31.9 Å². The van der Waals surface area contributed by atoms with Crippen molar-refractivity contribution in [2.75, 3.05) is 6.61 Å². The van der Waals surface area contributed by atoms with E-state index in [0.717, 1.165) is 11.1 Å². The summed E-state index contributed by atoms with van der Waals surface area (Å²) in [5, 5.41) is 3.49. The Balaban J connectivity index is 1.86. The van der Waals surface area contributed by atoms with E-state index in [1.807, 2.05) is 60.7 Å². The summed E-state index contributed by atoms with van der Waals surface area (Å²) in [5.74, 6) is 0. The number of rotatable bonds is 10. The van der Waals surface area contributed by atoms with Gasteiger partial charge in [-0.3, -0.25) is 0 Å². The summed E-state index contributed by atoms with van der Waals surface area (Å²) in [5.41, 5.74) is 11.4. The first-order valence-electron chi connectivity index (χ1n) is 11.9. The van der Waals surface area contributed by atoms with Crippen molar-refractivity contribution < 1.29 is 18.6 Å². The molecular formula is C26H36BrN3O4Si. The summed E-state index contributed by atoms with van der Waals surface area (Å²) in [4.78, 5) is 3.08. The molecule has 0 bridgehead atoms. The Morgan fingerprint density at radius 3 is 2.09 bits per heavy atom. The van der Waals surface area contributed by atoms with E-state index in [2.05, 4.69) is 59.8 Å². The summed E-state index contributed by atoms with van der Waals surface area (Å²) in [6.45, 7) is 12.2. The molecule has 1 heterocycles. The van der Waals surface area contributed by atoms with Crippen LogP contribution in [0.25, 0.3) is 10.4 Å². The maximum atomic E-state index is 9.29. The highest BCUT2D eigenvalue weighted by molar-refractivity contribution is 9.09. The zero-order chi connectivity index (χ0) is 25.5. The minimum atomic E-state index is -2.23. The van der Waals surface area contributed by atoms with Crippen LogP contribution in [-0.2, 0) is 31.9 Å². The Bertz CT molecular complexity index is 968. The van der Waals surface area contributed by atoms with Gasteiger partial charge in [-0.25, -0.2) is 0 Å². The average Bonchev–Trinajstić information content (AvgIpc) is 2.82. The molecule has 35 heavy (non-hydrogen) atoms. The highest BCUT2D eigenvalue weighted by atomic mass is 79.9. The Kier molecular flexibility index (Phi) is 9.95. The van der Waals surface area contributed by atoms with E-state index in [4.69, 9.17) is 18.6 Å². The lowest BCUT2D eigenvalue weighted by Gasteiger charge is -2.48.